The Balaban J connectivity index is 1.57. The van der Waals surface area contributed by atoms with Crippen LogP contribution in [0.3, 0.4) is 0 Å². The fraction of sp³-hybridized carbons (Fsp3) is 0.375. The Morgan fingerprint density at radius 3 is 2.69 bits per heavy atom. The van der Waals surface area contributed by atoms with E-state index in [0.29, 0.717) is 29.8 Å². The smallest absolute Gasteiger partial charge is 0.273 e. The summed E-state index contributed by atoms with van der Waals surface area (Å²) in [6, 6.07) is 16.8. The van der Waals surface area contributed by atoms with Gasteiger partial charge >= 0.3 is 0 Å². The van der Waals surface area contributed by atoms with Crippen LogP contribution < -0.4 is 10.1 Å². The van der Waals surface area contributed by atoms with Gasteiger partial charge in [0.15, 0.2) is 5.69 Å². The Kier molecular flexibility index (Phi) is 7.00. The molecule has 32 heavy (non-hydrogen) atoms. The molecule has 2 heterocycles. The number of fused-ring (bicyclic) bond motifs is 1. The summed E-state index contributed by atoms with van der Waals surface area (Å²) in [6.07, 6.45) is 0.433. The highest BCUT2D eigenvalue weighted by atomic mass is 16.5. The van der Waals surface area contributed by atoms with E-state index in [9.17, 15) is 10.1 Å². The third-order valence-electron chi connectivity index (χ3n) is 5.64. The summed E-state index contributed by atoms with van der Waals surface area (Å²) in [5.41, 5.74) is 2.07. The number of morpholine rings is 1. The molecule has 1 aliphatic heterocycles. The molecular weight excluding hydrogens is 406 g/mol. The molecule has 3 aromatic rings. The Bertz CT molecular complexity index is 1100. The number of para-hydroxylation sites is 1. The Morgan fingerprint density at radius 2 is 1.97 bits per heavy atom. The first-order valence-electron chi connectivity index (χ1n) is 10.8. The summed E-state index contributed by atoms with van der Waals surface area (Å²) < 4.78 is 12.8. The predicted octanol–water partition coefficient (Wildman–Crippen LogP) is 2.24. The minimum Gasteiger partial charge on any atom is -0.494 e. The number of rotatable bonds is 8. The average Bonchev–Trinajstić information content (AvgIpc) is 3.22. The highest BCUT2D eigenvalue weighted by Gasteiger charge is 2.23. The Morgan fingerprint density at radius 1 is 1.19 bits per heavy atom. The lowest BCUT2D eigenvalue weighted by Gasteiger charge is -2.26. The van der Waals surface area contributed by atoms with Crippen molar-refractivity contribution < 1.29 is 14.3 Å². The van der Waals surface area contributed by atoms with Gasteiger partial charge in [0.1, 0.15) is 17.3 Å². The van der Waals surface area contributed by atoms with Gasteiger partial charge in [-0.1, -0.05) is 42.5 Å². The molecule has 1 atom stereocenters. The average molecular weight is 434 g/mol. The molecule has 0 radical (unpaired) electrons. The van der Waals surface area contributed by atoms with E-state index in [4.69, 9.17) is 9.47 Å². The van der Waals surface area contributed by atoms with E-state index in [-0.39, 0.29) is 5.91 Å². The Hall–Kier alpha value is -3.41. The molecule has 1 unspecified atom stereocenters. The van der Waals surface area contributed by atoms with Crippen LogP contribution in [0.4, 0.5) is 0 Å². The maximum absolute atomic E-state index is 13.1. The monoisotopic (exact) mass is 433 g/mol. The molecule has 1 amide bonds. The van der Waals surface area contributed by atoms with E-state index >= 15 is 0 Å². The summed E-state index contributed by atoms with van der Waals surface area (Å²) in [5.74, 6) is 0.299. The number of hydrogen-bond donors (Lipinski definition) is 1. The van der Waals surface area contributed by atoms with Crippen molar-refractivity contribution in [2.75, 3.05) is 40.0 Å². The zero-order chi connectivity index (χ0) is 22.3. The van der Waals surface area contributed by atoms with Crippen LogP contribution in [0.5, 0.6) is 5.75 Å². The van der Waals surface area contributed by atoms with E-state index in [1.165, 1.54) is 0 Å². The first-order chi connectivity index (χ1) is 15.7. The number of carbonyl (C=O) groups excluding carboxylic acids is 1. The summed E-state index contributed by atoms with van der Waals surface area (Å²) in [6.45, 7) is 4.64. The molecule has 1 fully saturated rings. The number of nitrogens with one attached hydrogen (secondary N) is 1. The van der Waals surface area contributed by atoms with E-state index in [1.54, 1.807) is 7.11 Å². The predicted molar refractivity (Wildman–Crippen MR) is 121 cm³/mol. The molecule has 0 spiro atoms. The van der Waals surface area contributed by atoms with Crippen LogP contribution in [0.1, 0.15) is 16.1 Å². The fourth-order valence-corrected chi connectivity index (χ4v) is 3.96. The van der Waals surface area contributed by atoms with Crippen LogP contribution in [-0.4, -0.2) is 66.6 Å². The van der Waals surface area contributed by atoms with Gasteiger partial charge in [0.2, 0.25) is 0 Å². The number of ether oxygens (including phenoxy) is 2. The molecule has 1 saturated heterocycles. The topological polar surface area (TPSA) is 92.4 Å². The number of carbonyl (C=O) groups is 1. The van der Waals surface area contributed by atoms with Gasteiger partial charge in [-0.25, -0.2) is 0 Å². The molecule has 1 N–H and O–H groups in total. The molecular formula is C24H27N5O3. The second kappa shape index (κ2) is 10.3. The van der Waals surface area contributed by atoms with Crippen LogP contribution in [0, 0.1) is 11.3 Å². The molecule has 8 nitrogen and oxygen atoms in total. The summed E-state index contributed by atoms with van der Waals surface area (Å²) in [5, 5.41) is 17.8. The number of nitriles is 1. The van der Waals surface area contributed by atoms with E-state index in [0.717, 1.165) is 43.9 Å². The number of hydrogen-bond acceptors (Lipinski definition) is 6. The fourth-order valence-electron chi connectivity index (χ4n) is 3.96. The third kappa shape index (κ3) is 4.90. The molecule has 166 valence electrons. The third-order valence-corrected chi connectivity index (χ3v) is 5.64. The Labute approximate surface area is 187 Å². The lowest BCUT2D eigenvalue weighted by atomic mass is 10.1. The van der Waals surface area contributed by atoms with Crippen molar-refractivity contribution in [1.82, 2.24) is 20.0 Å². The van der Waals surface area contributed by atoms with Gasteiger partial charge in [0.05, 0.1) is 32.9 Å². The van der Waals surface area contributed by atoms with Crippen LogP contribution in [0.25, 0.3) is 10.9 Å². The summed E-state index contributed by atoms with van der Waals surface area (Å²) in [4.78, 5) is 15.4. The maximum atomic E-state index is 13.1. The lowest BCUT2D eigenvalue weighted by molar-refractivity contribution is 0.0361. The molecule has 2 aromatic carbocycles. The van der Waals surface area contributed by atoms with Crippen molar-refractivity contribution >= 4 is 16.8 Å². The molecule has 0 aliphatic carbocycles. The zero-order valence-electron chi connectivity index (χ0n) is 18.2. The minimum atomic E-state index is -0.649. The lowest BCUT2D eigenvalue weighted by Crippen LogP contribution is -2.38. The van der Waals surface area contributed by atoms with Gasteiger partial charge in [0, 0.05) is 31.4 Å². The first kappa shape index (κ1) is 21.8. The van der Waals surface area contributed by atoms with Gasteiger partial charge in [-0.05, 0) is 11.6 Å². The SMILES string of the molecule is COc1cccc2c(C(=O)NC(C#N)Cc3ccccc3)nn(CCN3CCOCC3)c12. The molecule has 1 aliphatic rings. The van der Waals surface area contributed by atoms with E-state index in [1.807, 2.05) is 53.2 Å². The van der Waals surface area contributed by atoms with Crippen molar-refractivity contribution in [2.24, 2.45) is 0 Å². The molecule has 4 rings (SSSR count). The molecule has 1 aromatic heterocycles. The summed E-state index contributed by atoms with van der Waals surface area (Å²) >= 11 is 0. The van der Waals surface area contributed by atoms with Crippen LogP contribution in [-0.2, 0) is 17.7 Å². The number of benzene rings is 2. The van der Waals surface area contributed by atoms with Gasteiger partial charge in [-0.15, -0.1) is 0 Å². The van der Waals surface area contributed by atoms with Crippen LogP contribution >= 0.6 is 0 Å². The summed E-state index contributed by atoms with van der Waals surface area (Å²) in [7, 11) is 1.61. The molecule has 8 heteroatoms. The highest BCUT2D eigenvalue weighted by molar-refractivity contribution is 6.06. The maximum Gasteiger partial charge on any atom is 0.273 e. The van der Waals surface area contributed by atoms with E-state index < -0.39 is 6.04 Å². The van der Waals surface area contributed by atoms with Gasteiger partial charge < -0.3 is 14.8 Å². The van der Waals surface area contributed by atoms with Gasteiger partial charge in [-0.3, -0.25) is 14.4 Å². The standard InChI is InChI=1S/C24H27N5O3/c1-31-21-9-5-8-20-22(24(30)26-19(17-25)16-18-6-3-2-4-7-18)27-29(23(20)21)11-10-28-12-14-32-15-13-28/h2-9,19H,10-16H2,1H3,(H,26,30). The number of nitrogens with zero attached hydrogens (tertiary/aromatic N) is 4. The normalized spacial score (nSPS) is 15.2. The molecule has 0 bridgehead atoms. The minimum absolute atomic E-state index is 0.300. The van der Waals surface area contributed by atoms with Crippen molar-refractivity contribution in [3.8, 4) is 11.8 Å². The largest absolute Gasteiger partial charge is 0.494 e. The second-order valence-corrected chi connectivity index (χ2v) is 7.73. The van der Waals surface area contributed by atoms with Crippen molar-refractivity contribution in [1.29, 1.82) is 5.26 Å². The van der Waals surface area contributed by atoms with Crippen LogP contribution in [0.2, 0.25) is 0 Å². The van der Waals surface area contributed by atoms with Crippen molar-refractivity contribution in [2.45, 2.75) is 19.0 Å². The van der Waals surface area contributed by atoms with E-state index in [2.05, 4.69) is 21.4 Å². The highest BCUT2D eigenvalue weighted by Crippen LogP contribution is 2.28. The van der Waals surface area contributed by atoms with Crippen LogP contribution in [0.15, 0.2) is 48.5 Å². The number of aromatic nitrogens is 2. The number of methoxy groups -OCH3 is 1. The van der Waals surface area contributed by atoms with Crippen molar-refractivity contribution in [3.05, 3.63) is 59.8 Å². The van der Waals surface area contributed by atoms with Gasteiger partial charge in [-0.2, -0.15) is 10.4 Å². The van der Waals surface area contributed by atoms with Gasteiger partial charge in [0.25, 0.3) is 5.91 Å². The molecule has 0 saturated carbocycles. The second-order valence-electron chi connectivity index (χ2n) is 7.73. The quantitative estimate of drug-likeness (QED) is 0.586. The van der Waals surface area contributed by atoms with Crippen molar-refractivity contribution in [3.63, 3.8) is 0 Å². The number of amides is 1. The first-order valence-corrected chi connectivity index (χ1v) is 10.8. The zero-order valence-corrected chi connectivity index (χ0v) is 18.2.